The Morgan fingerprint density at radius 3 is 1.35 bits per heavy atom. The fourth-order valence-corrected chi connectivity index (χ4v) is 10.2. The van der Waals surface area contributed by atoms with Gasteiger partial charge in [0.25, 0.3) is 0 Å². The van der Waals surface area contributed by atoms with E-state index in [0.717, 1.165) is 44.6 Å². The molecular formula is C57H35N3. The molecule has 13 rings (SSSR count). The number of para-hydroxylation sites is 4. The number of pyridine rings is 1. The molecular weight excluding hydrogens is 727 g/mol. The van der Waals surface area contributed by atoms with Gasteiger partial charge >= 0.3 is 0 Å². The first kappa shape index (κ1) is 33.0. The summed E-state index contributed by atoms with van der Waals surface area (Å²) >= 11 is 0. The minimum Gasteiger partial charge on any atom is -0.307 e. The second-order valence-corrected chi connectivity index (χ2v) is 15.8. The Hall–Kier alpha value is -8.01. The van der Waals surface area contributed by atoms with Crippen molar-refractivity contribution in [2.75, 3.05) is 0 Å². The van der Waals surface area contributed by atoms with Gasteiger partial charge < -0.3 is 4.57 Å². The number of benzene rings is 10. The van der Waals surface area contributed by atoms with Gasteiger partial charge in [-0.15, -0.1) is 0 Å². The smallest absolute Gasteiger partial charge is 0.139 e. The van der Waals surface area contributed by atoms with Gasteiger partial charge in [-0.05, 0) is 80.2 Å². The van der Waals surface area contributed by atoms with Crippen LogP contribution < -0.4 is 0 Å². The molecule has 0 fully saturated rings. The second-order valence-electron chi connectivity index (χ2n) is 15.8. The predicted octanol–water partition coefficient (Wildman–Crippen LogP) is 15.2. The minimum absolute atomic E-state index is 0.887. The van der Waals surface area contributed by atoms with Gasteiger partial charge in [0.2, 0.25) is 0 Å². The van der Waals surface area contributed by atoms with Crippen LogP contribution >= 0.6 is 0 Å². The van der Waals surface area contributed by atoms with Crippen molar-refractivity contribution < 1.29 is 0 Å². The Bertz CT molecular complexity index is 3860. The van der Waals surface area contributed by atoms with E-state index in [4.69, 9.17) is 4.98 Å². The van der Waals surface area contributed by atoms with Crippen molar-refractivity contribution in [3.8, 4) is 33.8 Å². The van der Waals surface area contributed by atoms with Crippen LogP contribution in [0.3, 0.4) is 0 Å². The van der Waals surface area contributed by atoms with Crippen LogP contribution in [0.25, 0.3) is 121 Å². The van der Waals surface area contributed by atoms with E-state index < -0.39 is 0 Å². The van der Waals surface area contributed by atoms with E-state index in [9.17, 15) is 0 Å². The number of fused-ring (bicyclic) bond motifs is 16. The molecule has 3 aromatic heterocycles. The van der Waals surface area contributed by atoms with Crippen molar-refractivity contribution in [1.82, 2.24) is 14.1 Å². The Kier molecular flexibility index (Phi) is 7.01. The molecule has 3 nitrogen and oxygen atoms in total. The first-order valence-electron chi connectivity index (χ1n) is 20.6. The Morgan fingerprint density at radius 1 is 0.300 bits per heavy atom. The average molecular weight is 762 g/mol. The lowest BCUT2D eigenvalue weighted by Crippen LogP contribution is -2.02. The maximum atomic E-state index is 5.58. The summed E-state index contributed by atoms with van der Waals surface area (Å²) in [6.07, 6.45) is 0. The van der Waals surface area contributed by atoms with E-state index in [1.54, 1.807) is 0 Å². The zero-order chi connectivity index (χ0) is 39.3. The zero-order valence-corrected chi connectivity index (χ0v) is 32.5. The lowest BCUT2D eigenvalue weighted by molar-refractivity contribution is 1.10. The van der Waals surface area contributed by atoms with Crippen LogP contribution in [0.5, 0.6) is 0 Å². The lowest BCUT2D eigenvalue weighted by Gasteiger charge is -2.17. The van der Waals surface area contributed by atoms with Crippen LogP contribution in [-0.2, 0) is 0 Å². The summed E-state index contributed by atoms with van der Waals surface area (Å²) in [5.41, 5.74) is 11.4. The highest BCUT2D eigenvalue weighted by molar-refractivity contribution is 6.45. The topological polar surface area (TPSA) is 22.8 Å². The molecule has 278 valence electrons. The van der Waals surface area contributed by atoms with Crippen molar-refractivity contribution in [1.29, 1.82) is 0 Å². The fourth-order valence-electron chi connectivity index (χ4n) is 10.2. The normalized spacial score (nSPS) is 12.0. The second kappa shape index (κ2) is 12.7. The number of nitrogens with zero attached hydrogens (tertiary/aromatic N) is 3. The molecule has 3 heterocycles. The molecule has 13 aromatic rings. The maximum absolute atomic E-state index is 5.58. The van der Waals surface area contributed by atoms with Gasteiger partial charge in [0.05, 0.1) is 27.6 Å². The molecule has 0 aliphatic carbocycles. The SMILES string of the molecule is c1ccc(-c2ccc(-c3cc(-n4c5ccccc5c5c6c7ccccc7c7ccccc7c6c6c7ccccc7n(-c7ccccc7)c6c54)nc4ccccc34)cc2)cc1. The van der Waals surface area contributed by atoms with Gasteiger partial charge in [0.1, 0.15) is 5.82 Å². The van der Waals surface area contributed by atoms with Gasteiger partial charge in [-0.1, -0.05) is 176 Å². The molecule has 0 aliphatic heterocycles. The van der Waals surface area contributed by atoms with Crippen LogP contribution in [0.2, 0.25) is 0 Å². The number of aromatic nitrogens is 3. The molecule has 0 amide bonds. The third kappa shape index (κ3) is 4.63. The highest BCUT2D eigenvalue weighted by Gasteiger charge is 2.27. The monoisotopic (exact) mass is 761 g/mol. The molecule has 0 unspecified atom stereocenters. The molecule has 3 heteroatoms. The quantitative estimate of drug-likeness (QED) is 0.164. The Balaban J connectivity index is 1.26. The van der Waals surface area contributed by atoms with Crippen LogP contribution in [0, 0.1) is 0 Å². The predicted molar refractivity (Wildman–Crippen MR) is 254 cm³/mol. The highest BCUT2D eigenvalue weighted by atomic mass is 15.1. The van der Waals surface area contributed by atoms with Crippen molar-refractivity contribution in [2.24, 2.45) is 0 Å². The van der Waals surface area contributed by atoms with Crippen LogP contribution in [0.1, 0.15) is 0 Å². The standard InChI is InChI=1S/C57H35N3/c1-3-17-36(18-4-1)37-31-33-38(34-32-37)47-35-51(58-48-28-14-11-23-42(47)48)60-50-30-16-13-27-46(50)55-53-44-25-10-8-22-41(44)40-21-7-9-24-43(40)52(53)54-45-26-12-15-29-49(45)59(56(54)57(55)60)39-19-5-2-6-20-39/h1-35H. The number of hydrogen-bond donors (Lipinski definition) is 0. The van der Waals surface area contributed by atoms with Gasteiger partial charge in [0.15, 0.2) is 0 Å². The molecule has 0 N–H and O–H groups in total. The Morgan fingerprint density at radius 2 is 0.733 bits per heavy atom. The molecule has 10 aromatic carbocycles. The van der Waals surface area contributed by atoms with Crippen LogP contribution in [-0.4, -0.2) is 14.1 Å². The minimum atomic E-state index is 0.887. The third-order valence-electron chi connectivity index (χ3n) is 12.7. The van der Waals surface area contributed by atoms with E-state index in [-0.39, 0.29) is 0 Å². The van der Waals surface area contributed by atoms with Crippen LogP contribution in [0.4, 0.5) is 0 Å². The van der Waals surface area contributed by atoms with Gasteiger partial charge in [-0.25, -0.2) is 4.98 Å². The van der Waals surface area contributed by atoms with Crippen molar-refractivity contribution in [3.63, 3.8) is 0 Å². The summed E-state index contributed by atoms with van der Waals surface area (Å²) in [7, 11) is 0. The largest absolute Gasteiger partial charge is 0.307 e. The molecule has 0 spiro atoms. The van der Waals surface area contributed by atoms with Gasteiger partial charge in [-0.3, -0.25) is 4.57 Å². The van der Waals surface area contributed by atoms with E-state index in [2.05, 4.69) is 221 Å². The third-order valence-corrected chi connectivity index (χ3v) is 12.7. The average Bonchev–Trinajstić information content (AvgIpc) is 3.85. The number of rotatable bonds is 4. The van der Waals surface area contributed by atoms with Gasteiger partial charge in [0, 0.05) is 43.4 Å². The summed E-state index contributed by atoms with van der Waals surface area (Å²) in [4.78, 5) is 5.58. The number of hydrogen-bond acceptors (Lipinski definition) is 1. The lowest BCUT2D eigenvalue weighted by atomic mass is 9.89. The first-order chi connectivity index (χ1) is 29.8. The van der Waals surface area contributed by atoms with Crippen molar-refractivity contribution in [2.45, 2.75) is 0 Å². The van der Waals surface area contributed by atoms with E-state index in [1.165, 1.54) is 76.0 Å². The summed E-state index contributed by atoms with van der Waals surface area (Å²) in [6.45, 7) is 0. The fraction of sp³-hybridized carbons (Fsp3) is 0. The molecule has 60 heavy (non-hydrogen) atoms. The van der Waals surface area contributed by atoms with E-state index in [0.29, 0.717) is 0 Å². The molecule has 0 atom stereocenters. The summed E-state index contributed by atoms with van der Waals surface area (Å²) in [6, 6.07) is 77.2. The maximum Gasteiger partial charge on any atom is 0.139 e. The molecule has 0 aliphatic rings. The molecule has 0 radical (unpaired) electrons. The van der Waals surface area contributed by atoms with Gasteiger partial charge in [-0.2, -0.15) is 0 Å². The van der Waals surface area contributed by atoms with Crippen LogP contribution in [0.15, 0.2) is 212 Å². The highest BCUT2D eigenvalue weighted by Crippen LogP contribution is 2.51. The summed E-state index contributed by atoms with van der Waals surface area (Å²) < 4.78 is 4.96. The summed E-state index contributed by atoms with van der Waals surface area (Å²) in [5.74, 6) is 0.887. The zero-order valence-electron chi connectivity index (χ0n) is 32.5. The van der Waals surface area contributed by atoms with E-state index >= 15 is 0 Å². The Labute approximate surface area is 345 Å². The first-order valence-corrected chi connectivity index (χ1v) is 20.6. The molecule has 0 bridgehead atoms. The van der Waals surface area contributed by atoms with E-state index in [1.807, 2.05) is 0 Å². The molecule has 0 saturated heterocycles. The summed E-state index contributed by atoms with van der Waals surface area (Å²) in [5, 5.41) is 13.6. The van der Waals surface area contributed by atoms with Crippen molar-refractivity contribution >= 4 is 86.8 Å². The van der Waals surface area contributed by atoms with Crippen molar-refractivity contribution in [3.05, 3.63) is 212 Å². The molecule has 0 saturated carbocycles.